The minimum absolute atomic E-state index is 0.214. The van der Waals surface area contributed by atoms with E-state index in [1.54, 1.807) is 19.1 Å². The number of rotatable bonds is 3. The van der Waals surface area contributed by atoms with Gasteiger partial charge in [0.1, 0.15) is 0 Å². The number of sulfonamides is 1. The van der Waals surface area contributed by atoms with Crippen LogP contribution in [0.4, 0.5) is 0 Å². The van der Waals surface area contributed by atoms with Gasteiger partial charge in [0.25, 0.3) is 0 Å². The summed E-state index contributed by atoms with van der Waals surface area (Å²) in [5.74, 6) is 0. The normalized spacial score (nSPS) is 22.7. The summed E-state index contributed by atoms with van der Waals surface area (Å²) in [6, 6.07) is 4.66. The van der Waals surface area contributed by atoms with Gasteiger partial charge < -0.3 is 10.5 Å². The molecule has 0 saturated carbocycles. The summed E-state index contributed by atoms with van der Waals surface area (Å²) in [5, 5.41) is 0.408. The van der Waals surface area contributed by atoms with E-state index in [0.717, 1.165) is 0 Å². The third kappa shape index (κ3) is 3.15. The lowest BCUT2D eigenvalue weighted by molar-refractivity contribution is -0.0120. The van der Waals surface area contributed by atoms with Crippen LogP contribution in [0.1, 0.15) is 12.5 Å². The number of morpholine rings is 1. The number of hydrogen-bond acceptors (Lipinski definition) is 4. The molecule has 0 radical (unpaired) electrons. The molecule has 0 bridgehead atoms. The molecule has 1 heterocycles. The second kappa shape index (κ2) is 5.99. The highest BCUT2D eigenvalue weighted by Crippen LogP contribution is 2.25. The number of nitrogens with two attached hydrogens (primary N) is 1. The van der Waals surface area contributed by atoms with Gasteiger partial charge in [0.15, 0.2) is 0 Å². The average molecular weight is 319 g/mol. The molecule has 1 aliphatic rings. The highest BCUT2D eigenvalue weighted by atomic mass is 35.5. The standard InChI is InChI=1S/C13H19ClN2O3S/c1-9-3-4-11(14)7-13(9)20(17,18)16-5-6-19-12(8-16)10(2)15/h3-4,7,10,12H,5-6,8,15H2,1-2H3. The topological polar surface area (TPSA) is 72.6 Å². The molecule has 0 spiro atoms. The monoisotopic (exact) mass is 318 g/mol. The van der Waals surface area contributed by atoms with Crippen LogP contribution in [0.3, 0.4) is 0 Å². The van der Waals surface area contributed by atoms with E-state index in [4.69, 9.17) is 22.1 Å². The van der Waals surface area contributed by atoms with Crippen LogP contribution in [0.2, 0.25) is 5.02 Å². The first-order valence-electron chi connectivity index (χ1n) is 6.46. The lowest BCUT2D eigenvalue weighted by Crippen LogP contribution is -2.51. The van der Waals surface area contributed by atoms with Gasteiger partial charge in [-0.15, -0.1) is 0 Å². The Hall–Kier alpha value is -0.660. The summed E-state index contributed by atoms with van der Waals surface area (Å²) in [4.78, 5) is 0.246. The van der Waals surface area contributed by atoms with Gasteiger partial charge in [-0.25, -0.2) is 8.42 Å². The molecule has 2 atom stereocenters. The Morgan fingerprint density at radius 2 is 2.20 bits per heavy atom. The molecule has 0 amide bonds. The van der Waals surface area contributed by atoms with Crippen molar-refractivity contribution in [1.29, 1.82) is 0 Å². The van der Waals surface area contributed by atoms with E-state index in [-0.39, 0.29) is 23.6 Å². The summed E-state index contributed by atoms with van der Waals surface area (Å²) in [5.41, 5.74) is 6.48. The lowest BCUT2D eigenvalue weighted by Gasteiger charge is -2.34. The Labute approximate surface area is 124 Å². The van der Waals surface area contributed by atoms with Crippen molar-refractivity contribution in [2.75, 3.05) is 19.7 Å². The lowest BCUT2D eigenvalue weighted by atomic mass is 10.2. The first-order valence-corrected chi connectivity index (χ1v) is 8.27. The van der Waals surface area contributed by atoms with Gasteiger partial charge >= 0.3 is 0 Å². The van der Waals surface area contributed by atoms with Crippen molar-refractivity contribution in [2.45, 2.75) is 30.9 Å². The highest BCUT2D eigenvalue weighted by molar-refractivity contribution is 7.89. The van der Waals surface area contributed by atoms with Crippen LogP contribution in [0.5, 0.6) is 0 Å². The number of aryl methyl sites for hydroxylation is 1. The fourth-order valence-corrected chi connectivity index (χ4v) is 4.10. The van der Waals surface area contributed by atoms with Gasteiger partial charge in [0, 0.05) is 24.2 Å². The quantitative estimate of drug-likeness (QED) is 0.914. The van der Waals surface area contributed by atoms with Crippen molar-refractivity contribution >= 4 is 21.6 Å². The van der Waals surface area contributed by atoms with Crippen molar-refractivity contribution in [3.05, 3.63) is 28.8 Å². The largest absolute Gasteiger partial charge is 0.374 e. The van der Waals surface area contributed by atoms with Gasteiger partial charge in [-0.05, 0) is 31.5 Å². The molecular weight excluding hydrogens is 300 g/mol. The van der Waals surface area contributed by atoms with E-state index in [1.165, 1.54) is 10.4 Å². The molecule has 5 nitrogen and oxygen atoms in total. The Bertz CT molecular complexity index is 589. The van der Waals surface area contributed by atoms with E-state index in [0.29, 0.717) is 23.7 Å². The molecule has 7 heteroatoms. The molecule has 1 fully saturated rings. The minimum Gasteiger partial charge on any atom is -0.374 e. The average Bonchev–Trinajstić information content (AvgIpc) is 2.41. The maximum Gasteiger partial charge on any atom is 0.243 e. The van der Waals surface area contributed by atoms with Crippen molar-refractivity contribution in [3.63, 3.8) is 0 Å². The third-order valence-corrected chi connectivity index (χ3v) is 5.65. The van der Waals surface area contributed by atoms with Crippen LogP contribution >= 0.6 is 11.6 Å². The molecule has 1 saturated heterocycles. The highest BCUT2D eigenvalue weighted by Gasteiger charge is 2.33. The molecule has 1 aromatic rings. The zero-order chi connectivity index (χ0) is 14.9. The van der Waals surface area contributed by atoms with E-state index in [1.807, 2.05) is 6.92 Å². The number of hydrogen-bond donors (Lipinski definition) is 1. The van der Waals surface area contributed by atoms with Gasteiger partial charge in [-0.1, -0.05) is 17.7 Å². The second-order valence-corrected chi connectivity index (χ2v) is 7.38. The Kier molecular flexibility index (Phi) is 4.71. The van der Waals surface area contributed by atoms with E-state index in [2.05, 4.69) is 0 Å². The summed E-state index contributed by atoms with van der Waals surface area (Å²) in [6.07, 6.45) is -0.280. The van der Waals surface area contributed by atoms with Crippen LogP contribution in [-0.4, -0.2) is 44.6 Å². The van der Waals surface area contributed by atoms with E-state index < -0.39 is 10.0 Å². The van der Waals surface area contributed by atoms with Crippen molar-refractivity contribution in [2.24, 2.45) is 5.73 Å². The number of benzene rings is 1. The molecule has 1 aliphatic heterocycles. The number of ether oxygens (including phenoxy) is 1. The van der Waals surface area contributed by atoms with Crippen molar-refractivity contribution < 1.29 is 13.2 Å². The molecule has 1 aromatic carbocycles. The third-order valence-electron chi connectivity index (χ3n) is 3.41. The minimum atomic E-state index is -3.57. The van der Waals surface area contributed by atoms with Crippen molar-refractivity contribution in [1.82, 2.24) is 4.31 Å². The molecule has 0 aliphatic carbocycles. The van der Waals surface area contributed by atoms with E-state index >= 15 is 0 Å². The van der Waals surface area contributed by atoms with Crippen LogP contribution in [0, 0.1) is 6.92 Å². The molecule has 0 aromatic heterocycles. The van der Waals surface area contributed by atoms with Gasteiger partial charge in [-0.2, -0.15) is 4.31 Å². The van der Waals surface area contributed by atoms with Crippen LogP contribution < -0.4 is 5.73 Å². The van der Waals surface area contributed by atoms with Gasteiger partial charge in [-0.3, -0.25) is 0 Å². The zero-order valence-corrected chi connectivity index (χ0v) is 13.1. The predicted molar refractivity (Wildman–Crippen MR) is 78.3 cm³/mol. The Balaban J connectivity index is 2.32. The van der Waals surface area contributed by atoms with Crippen LogP contribution in [0.15, 0.2) is 23.1 Å². The van der Waals surface area contributed by atoms with Gasteiger partial charge in [0.05, 0.1) is 17.6 Å². The van der Waals surface area contributed by atoms with E-state index in [9.17, 15) is 8.42 Å². The molecule has 2 unspecified atom stereocenters. The summed E-state index contributed by atoms with van der Waals surface area (Å²) < 4.78 is 32.3. The number of nitrogens with zero attached hydrogens (tertiary/aromatic N) is 1. The summed E-state index contributed by atoms with van der Waals surface area (Å²) >= 11 is 5.91. The number of halogens is 1. The van der Waals surface area contributed by atoms with Crippen LogP contribution in [-0.2, 0) is 14.8 Å². The van der Waals surface area contributed by atoms with Crippen LogP contribution in [0.25, 0.3) is 0 Å². The SMILES string of the molecule is Cc1ccc(Cl)cc1S(=O)(=O)N1CCOC(C(C)N)C1. The fourth-order valence-electron chi connectivity index (χ4n) is 2.18. The zero-order valence-electron chi connectivity index (χ0n) is 11.5. The fraction of sp³-hybridized carbons (Fsp3) is 0.538. The molecule has 20 heavy (non-hydrogen) atoms. The van der Waals surface area contributed by atoms with Crippen molar-refractivity contribution in [3.8, 4) is 0 Å². The smallest absolute Gasteiger partial charge is 0.243 e. The molecule has 2 rings (SSSR count). The Morgan fingerprint density at radius 3 is 2.85 bits per heavy atom. The maximum absolute atomic E-state index is 12.7. The Morgan fingerprint density at radius 1 is 1.50 bits per heavy atom. The molecule has 2 N–H and O–H groups in total. The second-order valence-electron chi connectivity index (χ2n) is 5.04. The maximum atomic E-state index is 12.7. The first kappa shape index (κ1) is 15.7. The first-order chi connectivity index (χ1) is 9.32. The molecule has 112 valence electrons. The van der Waals surface area contributed by atoms with Gasteiger partial charge in [0.2, 0.25) is 10.0 Å². The molecular formula is C13H19ClN2O3S. The summed E-state index contributed by atoms with van der Waals surface area (Å²) in [6.45, 7) is 4.52. The summed E-state index contributed by atoms with van der Waals surface area (Å²) in [7, 11) is -3.57. The predicted octanol–water partition coefficient (Wildman–Crippen LogP) is 1.39.